The summed E-state index contributed by atoms with van der Waals surface area (Å²) >= 11 is 0. The molecule has 0 saturated heterocycles. The smallest absolute Gasteiger partial charge is 0.462 e. The third kappa shape index (κ3) is 62.4. The minimum absolute atomic E-state index is 0.0844. The van der Waals surface area contributed by atoms with Crippen LogP contribution in [0.3, 0.4) is 0 Å². The summed E-state index contributed by atoms with van der Waals surface area (Å²) in [6.45, 7) is 9.39. The van der Waals surface area contributed by atoms with E-state index >= 15 is 0 Å². The molecule has 0 aromatic heterocycles. The van der Waals surface area contributed by atoms with Crippen molar-refractivity contribution in [2.24, 2.45) is 11.8 Å². The van der Waals surface area contributed by atoms with E-state index < -0.39 is 97.5 Å². The first kappa shape index (κ1) is 85.5. The number of carbonyl (C=O) groups is 4. The number of phosphoric ester groups is 2. The van der Waals surface area contributed by atoms with Crippen molar-refractivity contribution in [3.63, 3.8) is 0 Å². The Balaban J connectivity index is 5.29. The van der Waals surface area contributed by atoms with Crippen molar-refractivity contribution < 1.29 is 80.2 Å². The van der Waals surface area contributed by atoms with Crippen molar-refractivity contribution >= 4 is 39.5 Å². The number of aliphatic hydroxyl groups excluding tert-OH is 1. The summed E-state index contributed by atoms with van der Waals surface area (Å²) in [5.74, 6) is -0.713. The van der Waals surface area contributed by atoms with Gasteiger partial charge in [0.05, 0.1) is 26.4 Å². The van der Waals surface area contributed by atoms with Crippen molar-refractivity contribution in [2.45, 2.75) is 342 Å². The van der Waals surface area contributed by atoms with Crippen LogP contribution in [0.2, 0.25) is 0 Å². The Bertz CT molecular complexity index is 1810. The molecule has 0 saturated carbocycles. The largest absolute Gasteiger partial charge is 0.472 e. The number of allylic oxidation sites excluding steroid dienone is 4. The highest BCUT2D eigenvalue weighted by atomic mass is 31.2. The lowest BCUT2D eigenvalue weighted by molar-refractivity contribution is -0.161. The second-order valence-electron chi connectivity index (χ2n) is 25.2. The lowest BCUT2D eigenvalue weighted by Gasteiger charge is -2.21. The van der Waals surface area contributed by atoms with Crippen LogP contribution < -0.4 is 0 Å². The van der Waals surface area contributed by atoms with Crippen LogP contribution in [0.1, 0.15) is 324 Å². The predicted octanol–water partition coefficient (Wildman–Crippen LogP) is 19.2. The molecule has 0 aromatic rings. The van der Waals surface area contributed by atoms with Gasteiger partial charge in [-0.25, -0.2) is 9.13 Å². The molecular formula is C69H130O17P2. The number of carbonyl (C=O) groups excluding carboxylic acids is 4. The molecule has 5 atom stereocenters. The highest BCUT2D eigenvalue weighted by molar-refractivity contribution is 7.47. The summed E-state index contributed by atoms with van der Waals surface area (Å²) < 4.78 is 68.2. The lowest BCUT2D eigenvalue weighted by atomic mass is 10.0. The molecule has 88 heavy (non-hydrogen) atoms. The van der Waals surface area contributed by atoms with Crippen LogP contribution in [-0.4, -0.2) is 96.7 Å². The molecule has 0 radical (unpaired) electrons. The zero-order valence-corrected chi connectivity index (χ0v) is 58.3. The van der Waals surface area contributed by atoms with Crippen molar-refractivity contribution in [2.75, 3.05) is 39.6 Å². The van der Waals surface area contributed by atoms with Gasteiger partial charge < -0.3 is 33.8 Å². The van der Waals surface area contributed by atoms with Gasteiger partial charge in [0.2, 0.25) is 0 Å². The van der Waals surface area contributed by atoms with Crippen LogP contribution >= 0.6 is 15.6 Å². The maximum atomic E-state index is 13.0. The molecule has 2 unspecified atom stereocenters. The molecule has 0 aliphatic carbocycles. The van der Waals surface area contributed by atoms with Crippen LogP contribution in [0.25, 0.3) is 0 Å². The third-order valence-corrected chi connectivity index (χ3v) is 17.2. The van der Waals surface area contributed by atoms with Gasteiger partial charge in [-0.2, -0.15) is 0 Å². The molecule has 0 fully saturated rings. The molecule has 518 valence electrons. The molecule has 0 aliphatic rings. The molecule has 0 rings (SSSR count). The topological polar surface area (TPSA) is 237 Å². The fraction of sp³-hybridized carbons (Fsp3) is 0.884. The Morgan fingerprint density at radius 2 is 0.614 bits per heavy atom. The second-order valence-corrected chi connectivity index (χ2v) is 28.1. The van der Waals surface area contributed by atoms with Crippen molar-refractivity contribution in [1.29, 1.82) is 0 Å². The monoisotopic (exact) mass is 1290 g/mol. The maximum absolute atomic E-state index is 13.0. The summed E-state index contributed by atoms with van der Waals surface area (Å²) in [6, 6.07) is 0. The molecule has 0 aliphatic heterocycles. The van der Waals surface area contributed by atoms with E-state index in [4.69, 9.17) is 37.0 Å². The van der Waals surface area contributed by atoms with E-state index in [2.05, 4.69) is 65.8 Å². The second kappa shape index (κ2) is 60.8. The van der Waals surface area contributed by atoms with E-state index in [0.717, 1.165) is 115 Å². The first-order valence-electron chi connectivity index (χ1n) is 35.3. The summed E-state index contributed by atoms with van der Waals surface area (Å²) in [5, 5.41) is 10.6. The van der Waals surface area contributed by atoms with Crippen LogP contribution in [0.5, 0.6) is 0 Å². The van der Waals surface area contributed by atoms with Crippen LogP contribution in [-0.2, 0) is 65.4 Å². The number of unbranched alkanes of at least 4 members (excludes halogenated alkanes) is 33. The summed E-state index contributed by atoms with van der Waals surface area (Å²) in [6.07, 6.45) is 48.0. The summed E-state index contributed by atoms with van der Waals surface area (Å²) in [5.41, 5.74) is 0. The zero-order chi connectivity index (χ0) is 65.0. The fourth-order valence-corrected chi connectivity index (χ4v) is 11.5. The molecule has 17 nitrogen and oxygen atoms in total. The minimum atomic E-state index is -4.96. The highest BCUT2D eigenvalue weighted by Gasteiger charge is 2.30. The van der Waals surface area contributed by atoms with E-state index in [0.29, 0.717) is 31.6 Å². The Kier molecular flexibility index (Phi) is 59.1. The van der Waals surface area contributed by atoms with Gasteiger partial charge in [-0.05, 0) is 63.2 Å². The van der Waals surface area contributed by atoms with Gasteiger partial charge in [-0.15, -0.1) is 0 Å². The van der Waals surface area contributed by atoms with Crippen LogP contribution in [0.15, 0.2) is 24.3 Å². The number of rotatable bonds is 66. The van der Waals surface area contributed by atoms with Gasteiger partial charge in [-0.1, -0.05) is 271 Å². The summed E-state index contributed by atoms with van der Waals surface area (Å²) in [4.78, 5) is 72.4. The van der Waals surface area contributed by atoms with Crippen molar-refractivity contribution in [3.05, 3.63) is 24.3 Å². The van der Waals surface area contributed by atoms with Crippen LogP contribution in [0, 0.1) is 11.8 Å². The van der Waals surface area contributed by atoms with E-state index in [9.17, 15) is 43.2 Å². The average Bonchev–Trinajstić information content (AvgIpc) is 3.59. The normalized spacial score (nSPS) is 14.4. The fourth-order valence-electron chi connectivity index (χ4n) is 9.87. The molecular weight excluding hydrogens is 1160 g/mol. The molecule has 0 spiro atoms. The predicted molar refractivity (Wildman–Crippen MR) is 354 cm³/mol. The minimum Gasteiger partial charge on any atom is -0.462 e. The molecule has 3 N–H and O–H groups in total. The highest BCUT2D eigenvalue weighted by Crippen LogP contribution is 2.45. The van der Waals surface area contributed by atoms with Gasteiger partial charge in [0.1, 0.15) is 19.3 Å². The average molecular weight is 1290 g/mol. The van der Waals surface area contributed by atoms with Gasteiger partial charge in [0.15, 0.2) is 12.2 Å². The maximum Gasteiger partial charge on any atom is 0.472 e. The number of hydrogen-bond donors (Lipinski definition) is 3. The molecule has 0 heterocycles. The van der Waals surface area contributed by atoms with E-state index in [1.807, 2.05) is 0 Å². The molecule has 0 amide bonds. The van der Waals surface area contributed by atoms with Crippen molar-refractivity contribution in [1.82, 2.24) is 0 Å². The zero-order valence-electron chi connectivity index (χ0n) is 56.5. The first-order valence-corrected chi connectivity index (χ1v) is 38.3. The van der Waals surface area contributed by atoms with Gasteiger partial charge in [0.25, 0.3) is 0 Å². The first-order chi connectivity index (χ1) is 42.4. The number of ether oxygens (including phenoxy) is 4. The molecule has 0 aromatic carbocycles. The summed E-state index contributed by atoms with van der Waals surface area (Å²) in [7, 11) is -9.91. The Hall–Kier alpha value is -2.46. The van der Waals surface area contributed by atoms with Gasteiger partial charge in [-0.3, -0.25) is 37.3 Å². The van der Waals surface area contributed by atoms with E-state index in [1.54, 1.807) is 0 Å². The standard InChI is InChI=1S/C69H130O17P2/c1-7-9-11-13-15-17-19-20-21-22-24-28-35-42-48-54-69(74)85-64(57-79-66(71)51-45-39-33-29-25-26-31-37-43-49-61(3)4)59-83-87(75,76)81-55-63(70)56-82-88(77,78)84-60-65(58-80-67(72)52-46-40-36-30-32-38-44-50-62(5)6)86-68(73)53-47-41-34-27-23-18-16-14-12-10-8-2/h17,19-21,61-65,70H,7-16,18,22-60H2,1-6H3,(H,75,76)(H,77,78)/b19-17-,21-20-/t63-,64-,65-/m1/s1. The SMILES string of the molecule is CCCCCC/C=C\C=C/CCCCCCCC(=O)O[C@H](COC(=O)CCCCCCCCCCCC(C)C)COP(=O)(O)OC[C@@H](O)COP(=O)(O)OC[C@@H](COC(=O)CCCCCCCCCC(C)C)OC(=O)CCCCCCCCCCCCC. The Morgan fingerprint density at radius 1 is 0.352 bits per heavy atom. The molecule has 0 bridgehead atoms. The number of hydrogen-bond acceptors (Lipinski definition) is 15. The molecule has 19 heteroatoms. The van der Waals surface area contributed by atoms with E-state index in [-0.39, 0.29) is 25.7 Å². The van der Waals surface area contributed by atoms with Crippen LogP contribution in [0.4, 0.5) is 0 Å². The number of phosphoric acid groups is 2. The number of aliphatic hydroxyl groups is 1. The Labute approximate surface area is 535 Å². The number of esters is 4. The lowest BCUT2D eigenvalue weighted by Crippen LogP contribution is -2.30. The van der Waals surface area contributed by atoms with E-state index in [1.165, 1.54) is 122 Å². The third-order valence-electron chi connectivity index (χ3n) is 15.3. The van der Waals surface area contributed by atoms with Gasteiger partial charge >= 0.3 is 39.5 Å². The Morgan fingerprint density at radius 3 is 0.932 bits per heavy atom. The van der Waals surface area contributed by atoms with Gasteiger partial charge in [0, 0.05) is 25.7 Å². The quantitative estimate of drug-likeness (QED) is 0.0169. The van der Waals surface area contributed by atoms with Crippen molar-refractivity contribution in [3.8, 4) is 0 Å².